The van der Waals surface area contributed by atoms with Crippen molar-refractivity contribution >= 4 is 17.7 Å². The summed E-state index contributed by atoms with van der Waals surface area (Å²) in [5.74, 6) is 0.233. The number of nitrogens with zero attached hydrogens (tertiary/aromatic N) is 2. The van der Waals surface area contributed by atoms with E-state index in [2.05, 4.69) is 65.3 Å². The first-order chi connectivity index (χ1) is 23.6. The van der Waals surface area contributed by atoms with E-state index < -0.39 is 28.9 Å². The molecule has 288 valence electrons. The SMILES string of the molecule is CC(C)C1=C2[C@H]3CC[C@@H]4[C@@]5(C)CC[C@H](OC(=O)CC(C)(C)C(=O)O)C(C)(C)[C@@H]5CC[C@@]4(C)[C@]3(C)CC[C@@]2([C@H](O)CN2CCCN(C)CC2)CC1=O. The molecule has 0 spiro atoms. The molecule has 8 heteroatoms. The standard InChI is InChI=1S/C43H70N2O6/c1-27(2)35-29(46)24-43(32(47)26-45-21-11-20-44(10)22-23-45)19-18-41(8)28(36(35)43)12-13-31-40(7)16-15-33(51-34(48)25-38(3,4)37(49)50)39(5,6)30(40)14-17-42(31,41)9/h27-28,30-33,47H,11-26H2,1-10H3,(H,49,50)/t28-,30+,31-,32-,33+,40+,41-,42-,43+/m1/s1. The summed E-state index contributed by atoms with van der Waals surface area (Å²) in [7, 11) is 2.18. The Labute approximate surface area is 308 Å². The van der Waals surface area contributed by atoms with Crippen molar-refractivity contribution in [2.75, 3.05) is 39.8 Å². The van der Waals surface area contributed by atoms with E-state index >= 15 is 0 Å². The van der Waals surface area contributed by atoms with Gasteiger partial charge in [0.1, 0.15) is 6.10 Å². The van der Waals surface area contributed by atoms with Gasteiger partial charge in [0.2, 0.25) is 0 Å². The summed E-state index contributed by atoms with van der Waals surface area (Å²) in [5, 5.41) is 22.0. The number of esters is 1. The summed E-state index contributed by atoms with van der Waals surface area (Å²) in [6.07, 6.45) is 8.74. The van der Waals surface area contributed by atoms with Crippen LogP contribution in [-0.4, -0.2) is 89.7 Å². The third-order valence-corrected chi connectivity index (χ3v) is 16.7. The maximum absolute atomic E-state index is 14.1. The van der Waals surface area contributed by atoms with Crippen LogP contribution >= 0.6 is 0 Å². The second-order valence-electron chi connectivity index (χ2n) is 20.5. The highest BCUT2D eigenvalue weighted by molar-refractivity contribution is 6.00. The van der Waals surface area contributed by atoms with E-state index in [0.29, 0.717) is 30.7 Å². The zero-order valence-electron chi connectivity index (χ0n) is 33.7. The van der Waals surface area contributed by atoms with Gasteiger partial charge in [0, 0.05) is 36.9 Å². The number of Topliss-reactive ketones (excluding diaryl/α,β-unsaturated/α-hetero) is 1. The van der Waals surface area contributed by atoms with Gasteiger partial charge in [0.05, 0.1) is 17.9 Å². The lowest BCUT2D eigenvalue weighted by molar-refractivity contribution is -0.235. The lowest BCUT2D eigenvalue weighted by Crippen LogP contribution is -2.66. The minimum Gasteiger partial charge on any atom is -0.481 e. The molecule has 0 aromatic carbocycles. The highest BCUT2D eigenvalue weighted by Crippen LogP contribution is 2.77. The number of ether oxygens (including phenoxy) is 1. The summed E-state index contributed by atoms with van der Waals surface area (Å²) in [6, 6.07) is 0. The van der Waals surface area contributed by atoms with Crippen LogP contribution in [0, 0.1) is 56.2 Å². The Hall–Kier alpha value is -1.77. The molecule has 5 aliphatic carbocycles. The number of carbonyl (C=O) groups excluding carboxylic acids is 2. The van der Waals surface area contributed by atoms with Gasteiger partial charge in [-0.05, 0) is 137 Å². The average Bonchev–Trinajstić information content (AvgIpc) is 3.19. The molecule has 9 atom stereocenters. The number of hydrogen-bond acceptors (Lipinski definition) is 7. The summed E-state index contributed by atoms with van der Waals surface area (Å²) in [5.41, 5.74) is 0.741. The Balaban J connectivity index is 1.28. The zero-order valence-corrected chi connectivity index (χ0v) is 33.7. The zero-order chi connectivity index (χ0) is 37.5. The molecule has 1 saturated heterocycles. The normalized spacial score (nSPS) is 40.9. The van der Waals surface area contributed by atoms with Crippen LogP contribution in [0.15, 0.2) is 11.1 Å². The van der Waals surface area contributed by atoms with Crippen molar-refractivity contribution in [2.24, 2.45) is 56.2 Å². The van der Waals surface area contributed by atoms with Crippen LogP contribution in [-0.2, 0) is 19.1 Å². The van der Waals surface area contributed by atoms with Gasteiger partial charge in [0.25, 0.3) is 0 Å². The number of aliphatic carboxylic acids is 1. The molecule has 6 aliphatic rings. The number of carboxylic acids is 1. The molecule has 0 bridgehead atoms. The maximum Gasteiger partial charge on any atom is 0.309 e. The smallest absolute Gasteiger partial charge is 0.309 e. The van der Waals surface area contributed by atoms with Gasteiger partial charge >= 0.3 is 11.9 Å². The van der Waals surface area contributed by atoms with Crippen molar-refractivity contribution in [3.8, 4) is 0 Å². The van der Waals surface area contributed by atoms with Crippen molar-refractivity contribution < 1.29 is 29.3 Å². The number of allylic oxidation sites excluding steroid dienone is 1. The van der Waals surface area contributed by atoms with Crippen LogP contribution in [0.1, 0.15) is 133 Å². The van der Waals surface area contributed by atoms with E-state index in [0.717, 1.165) is 89.5 Å². The third-order valence-electron chi connectivity index (χ3n) is 16.7. The van der Waals surface area contributed by atoms with Gasteiger partial charge in [-0.25, -0.2) is 0 Å². The molecule has 0 radical (unpaired) electrons. The first-order valence-electron chi connectivity index (χ1n) is 20.4. The number of rotatable bonds is 8. The van der Waals surface area contributed by atoms with E-state index in [1.807, 2.05) is 0 Å². The fraction of sp³-hybridized carbons (Fsp3) is 0.884. The van der Waals surface area contributed by atoms with Crippen molar-refractivity contribution in [1.82, 2.24) is 9.80 Å². The lowest BCUT2D eigenvalue weighted by Gasteiger charge is -2.72. The van der Waals surface area contributed by atoms with E-state index in [1.54, 1.807) is 13.8 Å². The van der Waals surface area contributed by atoms with Crippen LogP contribution in [0.25, 0.3) is 0 Å². The molecule has 1 aliphatic heterocycles. The van der Waals surface area contributed by atoms with E-state index in [4.69, 9.17) is 4.74 Å². The van der Waals surface area contributed by atoms with Gasteiger partial charge in [-0.15, -0.1) is 0 Å². The van der Waals surface area contributed by atoms with Crippen LogP contribution in [0.4, 0.5) is 0 Å². The van der Waals surface area contributed by atoms with Crippen LogP contribution in [0.2, 0.25) is 0 Å². The Morgan fingerprint density at radius 2 is 1.61 bits per heavy atom. The molecule has 4 saturated carbocycles. The minimum atomic E-state index is -1.16. The van der Waals surface area contributed by atoms with Crippen molar-refractivity contribution in [2.45, 2.75) is 145 Å². The predicted octanol–water partition coefficient (Wildman–Crippen LogP) is 7.38. The third kappa shape index (κ3) is 6.08. The number of carboxylic acid groups (broad SMARTS) is 1. The number of likely N-dealkylation sites (N-methyl/N-ethyl adjacent to an activating group) is 1. The number of β-amino-alcohol motifs (C(OH)–C–C–N with tert-alkyl or cyclic N) is 1. The molecule has 8 nitrogen and oxygen atoms in total. The Morgan fingerprint density at radius 3 is 2.27 bits per heavy atom. The Morgan fingerprint density at radius 1 is 0.902 bits per heavy atom. The fourth-order valence-corrected chi connectivity index (χ4v) is 13.6. The second kappa shape index (κ2) is 13.2. The molecule has 0 amide bonds. The topological polar surface area (TPSA) is 107 Å². The van der Waals surface area contributed by atoms with Crippen LogP contribution in [0.3, 0.4) is 0 Å². The van der Waals surface area contributed by atoms with Gasteiger partial charge in [-0.3, -0.25) is 19.3 Å². The lowest BCUT2D eigenvalue weighted by atomic mass is 9.33. The molecule has 1 heterocycles. The van der Waals surface area contributed by atoms with Gasteiger partial charge in [-0.2, -0.15) is 0 Å². The fourth-order valence-electron chi connectivity index (χ4n) is 13.6. The molecule has 6 rings (SSSR count). The summed E-state index contributed by atoms with van der Waals surface area (Å²) < 4.78 is 6.18. The number of ketones is 1. The van der Waals surface area contributed by atoms with E-state index in [-0.39, 0.29) is 45.9 Å². The van der Waals surface area contributed by atoms with Crippen LogP contribution in [0.5, 0.6) is 0 Å². The van der Waals surface area contributed by atoms with Crippen molar-refractivity contribution in [1.29, 1.82) is 0 Å². The number of aliphatic hydroxyl groups is 1. The second-order valence-corrected chi connectivity index (χ2v) is 20.5. The van der Waals surface area contributed by atoms with Gasteiger partial charge in [0.15, 0.2) is 5.78 Å². The van der Waals surface area contributed by atoms with E-state index in [9.17, 15) is 24.6 Å². The van der Waals surface area contributed by atoms with Crippen molar-refractivity contribution in [3.63, 3.8) is 0 Å². The Bertz CT molecular complexity index is 1430. The molecule has 51 heavy (non-hydrogen) atoms. The summed E-state index contributed by atoms with van der Waals surface area (Å²) in [6.45, 7) is 24.5. The number of aliphatic hydroxyl groups excluding tert-OH is 1. The van der Waals surface area contributed by atoms with Crippen LogP contribution < -0.4 is 0 Å². The monoisotopic (exact) mass is 711 g/mol. The molecule has 0 aromatic rings. The van der Waals surface area contributed by atoms with Gasteiger partial charge in [-0.1, -0.05) is 54.0 Å². The average molecular weight is 711 g/mol. The molecule has 0 unspecified atom stereocenters. The largest absolute Gasteiger partial charge is 0.481 e. The summed E-state index contributed by atoms with van der Waals surface area (Å²) >= 11 is 0. The molecule has 5 fully saturated rings. The number of carbonyl (C=O) groups is 3. The predicted molar refractivity (Wildman–Crippen MR) is 200 cm³/mol. The van der Waals surface area contributed by atoms with Gasteiger partial charge < -0.3 is 19.8 Å². The first-order valence-corrected chi connectivity index (χ1v) is 20.4. The molecule has 2 N–H and O–H groups in total. The van der Waals surface area contributed by atoms with E-state index in [1.165, 1.54) is 5.57 Å². The highest BCUT2D eigenvalue weighted by atomic mass is 16.5. The maximum atomic E-state index is 14.1. The minimum absolute atomic E-state index is 0.0222. The molecular weight excluding hydrogens is 640 g/mol. The number of hydrogen-bond donors (Lipinski definition) is 2. The molecular formula is C43H70N2O6. The Kier molecular flexibility index (Phi) is 10.1. The quantitative estimate of drug-likeness (QED) is 0.252. The van der Waals surface area contributed by atoms with Crippen molar-refractivity contribution in [3.05, 3.63) is 11.1 Å². The number of fused-ring (bicyclic) bond motifs is 7. The first kappa shape index (κ1) is 38.9. The summed E-state index contributed by atoms with van der Waals surface area (Å²) in [4.78, 5) is 43.8. The molecule has 0 aromatic heterocycles. The highest BCUT2D eigenvalue weighted by Gasteiger charge is 2.70.